The summed E-state index contributed by atoms with van der Waals surface area (Å²) < 4.78 is 5.47. The molecule has 0 aliphatic carbocycles. The predicted molar refractivity (Wildman–Crippen MR) is 144 cm³/mol. The molecule has 35 heavy (non-hydrogen) atoms. The van der Waals surface area contributed by atoms with Crippen molar-refractivity contribution in [1.29, 1.82) is 0 Å². The fourth-order valence-electron chi connectivity index (χ4n) is 3.50. The summed E-state index contributed by atoms with van der Waals surface area (Å²) in [5, 5.41) is 2.73. The average molecular weight is 491 g/mol. The molecule has 0 bridgehead atoms. The lowest BCUT2D eigenvalue weighted by atomic mass is 9.86. The summed E-state index contributed by atoms with van der Waals surface area (Å²) in [5.74, 6) is -0.316. The largest absolute Gasteiger partial charge is 0.494 e. The van der Waals surface area contributed by atoms with Gasteiger partial charge in [0.15, 0.2) is 5.11 Å². The quantitative estimate of drug-likeness (QED) is 0.436. The molecule has 3 rings (SSSR count). The molecular formula is C27H30N4O3S. The zero-order chi connectivity index (χ0) is 25.8. The van der Waals surface area contributed by atoms with Crippen LogP contribution in [0.15, 0.2) is 66.7 Å². The highest BCUT2D eigenvalue weighted by Gasteiger charge is 2.23. The van der Waals surface area contributed by atoms with Gasteiger partial charge in [-0.2, -0.15) is 0 Å². The molecule has 0 saturated carbocycles. The van der Waals surface area contributed by atoms with E-state index in [9.17, 15) is 9.59 Å². The van der Waals surface area contributed by atoms with E-state index in [0.29, 0.717) is 34.8 Å². The van der Waals surface area contributed by atoms with Crippen LogP contribution in [0.2, 0.25) is 0 Å². The van der Waals surface area contributed by atoms with Crippen LogP contribution >= 0.6 is 12.2 Å². The number of rotatable bonds is 6. The number of carbonyl (C=O) groups is 2. The summed E-state index contributed by atoms with van der Waals surface area (Å²) in [5.41, 5.74) is 15.3. The summed E-state index contributed by atoms with van der Waals surface area (Å²) in [6.45, 7) is 6.71. The number of benzene rings is 3. The highest BCUT2D eigenvalue weighted by atomic mass is 32.1. The number of amides is 2. The number of ether oxygens (including phenoxy) is 1. The minimum atomic E-state index is -0.364. The molecule has 3 aromatic carbocycles. The Kier molecular flexibility index (Phi) is 7.89. The molecule has 0 aliphatic heterocycles. The van der Waals surface area contributed by atoms with Crippen LogP contribution in [0.25, 0.3) is 0 Å². The normalized spacial score (nSPS) is 11.0. The molecular weight excluding hydrogens is 460 g/mol. The zero-order valence-corrected chi connectivity index (χ0v) is 21.1. The molecule has 5 N–H and O–H groups in total. The molecule has 0 spiro atoms. The van der Waals surface area contributed by atoms with Crippen molar-refractivity contribution in [2.75, 3.05) is 17.3 Å². The van der Waals surface area contributed by atoms with Gasteiger partial charge in [0, 0.05) is 23.7 Å². The third-order valence-corrected chi connectivity index (χ3v) is 5.75. The molecule has 0 saturated heterocycles. The monoisotopic (exact) mass is 490 g/mol. The van der Waals surface area contributed by atoms with Crippen molar-refractivity contribution in [3.05, 3.63) is 89.0 Å². The molecule has 8 heteroatoms. The van der Waals surface area contributed by atoms with Gasteiger partial charge in [-0.25, -0.2) is 0 Å². The van der Waals surface area contributed by atoms with Gasteiger partial charge in [0.2, 0.25) is 0 Å². The summed E-state index contributed by atoms with van der Waals surface area (Å²) in [6.07, 6.45) is 0. The van der Waals surface area contributed by atoms with E-state index in [0.717, 1.165) is 11.1 Å². The fraction of sp³-hybridized carbons (Fsp3) is 0.222. The van der Waals surface area contributed by atoms with Gasteiger partial charge in [-0.05, 0) is 65.2 Å². The summed E-state index contributed by atoms with van der Waals surface area (Å²) >= 11 is 5.19. The summed E-state index contributed by atoms with van der Waals surface area (Å²) in [7, 11) is 1.48. The number of thiocarbonyl (C=S) groups is 1. The van der Waals surface area contributed by atoms with Crippen molar-refractivity contribution in [3.8, 4) is 5.75 Å². The van der Waals surface area contributed by atoms with Crippen molar-refractivity contribution in [2.24, 2.45) is 11.5 Å². The van der Waals surface area contributed by atoms with E-state index in [4.69, 9.17) is 28.4 Å². The number of nitrogens with two attached hydrogens (primary N) is 2. The topological polar surface area (TPSA) is 111 Å². The summed E-state index contributed by atoms with van der Waals surface area (Å²) in [6, 6.07) is 19.3. The number of nitrogens with one attached hydrogen (secondary N) is 1. The first-order chi connectivity index (χ1) is 16.5. The molecule has 0 aromatic heterocycles. The highest BCUT2D eigenvalue weighted by Crippen LogP contribution is 2.31. The molecule has 182 valence electrons. The van der Waals surface area contributed by atoms with E-state index in [2.05, 4.69) is 26.1 Å². The van der Waals surface area contributed by atoms with Crippen molar-refractivity contribution in [3.63, 3.8) is 0 Å². The van der Waals surface area contributed by atoms with E-state index >= 15 is 0 Å². The molecule has 0 radical (unpaired) electrons. The van der Waals surface area contributed by atoms with E-state index in [1.165, 1.54) is 12.0 Å². The van der Waals surface area contributed by atoms with Crippen molar-refractivity contribution >= 4 is 40.5 Å². The Morgan fingerprint density at radius 1 is 0.971 bits per heavy atom. The molecule has 3 aromatic rings. The minimum absolute atomic E-state index is 0.0372. The number of hydrogen-bond acceptors (Lipinski definition) is 5. The van der Waals surface area contributed by atoms with Crippen molar-refractivity contribution in [1.82, 2.24) is 0 Å². The van der Waals surface area contributed by atoms with Crippen molar-refractivity contribution in [2.45, 2.75) is 32.7 Å². The molecule has 7 nitrogen and oxygen atoms in total. The second-order valence-electron chi connectivity index (χ2n) is 9.05. The second kappa shape index (κ2) is 10.7. The zero-order valence-electron chi connectivity index (χ0n) is 20.3. The number of carbonyl (C=O) groups excluding carboxylic acids is 2. The molecule has 0 atom stereocenters. The summed E-state index contributed by atoms with van der Waals surface area (Å²) in [4.78, 5) is 27.2. The standard InChI is InChI=1S/C27H30N4O3S/c1-27(2,3)20-11-9-19(10-12-20)25(33)31(26(29)35)21-13-14-22(23(15-21)34-4)30-24(32)18-7-5-17(16-28)6-8-18/h5-15H,16,28H2,1-4H3,(H2,29,35)(H,30,32). The SMILES string of the molecule is COc1cc(N(C(=O)c2ccc(C(C)(C)C)cc2)C(N)=S)ccc1NC(=O)c1ccc(CN)cc1. The van der Waals surface area contributed by atoms with Crippen LogP contribution in [0.5, 0.6) is 5.75 Å². The van der Waals surface area contributed by atoms with Crippen LogP contribution in [0.3, 0.4) is 0 Å². The third kappa shape index (κ3) is 6.03. The molecule has 0 fully saturated rings. The molecule has 0 heterocycles. The van der Waals surface area contributed by atoms with Gasteiger partial charge in [-0.15, -0.1) is 0 Å². The molecule has 2 amide bonds. The van der Waals surface area contributed by atoms with Gasteiger partial charge >= 0.3 is 0 Å². The smallest absolute Gasteiger partial charge is 0.264 e. The Hall–Kier alpha value is -3.75. The van der Waals surface area contributed by atoms with Gasteiger partial charge in [0.05, 0.1) is 18.5 Å². The lowest BCUT2D eigenvalue weighted by Crippen LogP contribution is -2.40. The van der Waals surface area contributed by atoms with Gasteiger partial charge < -0.3 is 21.5 Å². The first-order valence-corrected chi connectivity index (χ1v) is 11.5. The van der Waals surface area contributed by atoms with E-state index < -0.39 is 0 Å². The van der Waals surface area contributed by atoms with Gasteiger partial charge in [-0.1, -0.05) is 45.0 Å². The van der Waals surface area contributed by atoms with Crippen LogP contribution in [0, 0.1) is 0 Å². The number of nitrogens with zero attached hydrogens (tertiary/aromatic N) is 1. The Morgan fingerprint density at radius 3 is 2.09 bits per heavy atom. The van der Waals surface area contributed by atoms with Gasteiger partial charge in [0.1, 0.15) is 5.75 Å². The minimum Gasteiger partial charge on any atom is -0.494 e. The lowest BCUT2D eigenvalue weighted by Gasteiger charge is -2.23. The number of anilines is 2. The predicted octanol–water partition coefficient (Wildman–Crippen LogP) is 4.59. The Balaban J connectivity index is 1.87. The Labute approximate surface area is 211 Å². The maximum atomic E-state index is 13.3. The molecule has 0 aliphatic rings. The second-order valence-corrected chi connectivity index (χ2v) is 9.46. The maximum absolute atomic E-state index is 13.3. The van der Waals surface area contributed by atoms with E-state index in [1.54, 1.807) is 54.6 Å². The number of methoxy groups -OCH3 is 1. The lowest BCUT2D eigenvalue weighted by molar-refractivity contribution is 0.0999. The maximum Gasteiger partial charge on any atom is 0.264 e. The fourth-order valence-corrected chi connectivity index (χ4v) is 3.68. The van der Waals surface area contributed by atoms with E-state index in [1.807, 2.05) is 12.1 Å². The van der Waals surface area contributed by atoms with Crippen LogP contribution in [-0.2, 0) is 12.0 Å². The first-order valence-electron chi connectivity index (χ1n) is 11.1. The average Bonchev–Trinajstić information content (AvgIpc) is 2.84. The van der Waals surface area contributed by atoms with Crippen LogP contribution in [0.1, 0.15) is 52.6 Å². The van der Waals surface area contributed by atoms with Crippen LogP contribution < -0.4 is 26.4 Å². The van der Waals surface area contributed by atoms with Crippen LogP contribution in [-0.4, -0.2) is 24.0 Å². The van der Waals surface area contributed by atoms with E-state index in [-0.39, 0.29) is 22.3 Å². The van der Waals surface area contributed by atoms with Gasteiger partial charge in [-0.3, -0.25) is 14.5 Å². The molecule has 0 unspecified atom stereocenters. The van der Waals surface area contributed by atoms with Crippen molar-refractivity contribution < 1.29 is 14.3 Å². The Bertz CT molecular complexity index is 1230. The Morgan fingerprint density at radius 2 is 1.57 bits per heavy atom. The third-order valence-electron chi connectivity index (χ3n) is 5.56. The first kappa shape index (κ1) is 25.9. The van der Waals surface area contributed by atoms with Crippen LogP contribution in [0.4, 0.5) is 11.4 Å². The number of hydrogen-bond donors (Lipinski definition) is 3. The van der Waals surface area contributed by atoms with Gasteiger partial charge in [0.25, 0.3) is 11.8 Å². The highest BCUT2D eigenvalue weighted by molar-refractivity contribution is 7.80.